The van der Waals surface area contributed by atoms with Crippen molar-refractivity contribution in [2.75, 3.05) is 32.8 Å². The predicted octanol–water partition coefficient (Wildman–Crippen LogP) is 1.92. The Morgan fingerprint density at radius 2 is 2.00 bits per heavy atom. The van der Waals surface area contributed by atoms with Gasteiger partial charge in [0.15, 0.2) is 5.65 Å². The summed E-state index contributed by atoms with van der Waals surface area (Å²) in [4.78, 5) is 19.2. The van der Waals surface area contributed by atoms with Crippen molar-refractivity contribution in [3.05, 3.63) is 18.0 Å². The van der Waals surface area contributed by atoms with E-state index in [1.54, 1.807) is 17.1 Å². The lowest BCUT2D eigenvalue weighted by Gasteiger charge is -2.18. The zero-order valence-electron chi connectivity index (χ0n) is 15.0. The van der Waals surface area contributed by atoms with Crippen molar-refractivity contribution in [1.29, 1.82) is 0 Å². The number of nitrogens with one attached hydrogen (secondary N) is 1. The number of aryl methyl sites for hydroxylation is 1. The lowest BCUT2D eigenvalue weighted by molar-refractivity contribution is 0.0945. The fourth-order valence-corrected chi connectivity index (χ4v) is 2.66. The van der Waals surface area contributed by atoms with Gasteiger partial charge in [0.05, 0.1) is 18.2 Å². The number of pyridine rings is 1. The van der Waals surface area contributed by atoms with E-state index in [9.17, 15) is 4.79 Å². The molecule has 1 amide bonds. The lowest BCUT2D eigenvalue weighted by Crippen LogP contribution is -2.35. The summed E-state index contributed by atoms with van der Waals surface area (Å²) in [5.41, 5.74) is 1.19. The second-order valence-electron chi connectivity index (χ2n) is 5.41. The molecule has 2 heterocycles. The molecule has 0 spiro atoms. The highest BCUT2D eigenvalue weighted by molar-refractivity contribution is 6.01. The van der Waals surface area contributed by atoms with Gasteiger partial charge in [0.25, 0.3) is 5.91 Å². The average Bonchev–Trinajstić information content (AvgIpc) is 3.02. The molecule has 7 heteroatoms. The number of carbonyl (C=O) groups excluding carboxylic acids is 1. The third-order valence-corrected chi connectivity index (χ3v) is 4.06. The second kappa shape index (κ2) is 8.63. The van der Waals surface area contributed by atoms with Gasteiger partial charge in [-0.2, -0.15) is 5.10 Å². The van der Waals surface area contributed by atoms with Crippen LogP contribution >= 0.6 is 0 Å². The van der Waals surface area contributed by atoms with E-state index >= 15 is 0 Å². The monoisotopic (exact) mass is 333 g/mol. The summed E-state index contributed by atoms with van der Waals surface area (Å²) in [6, 6.07) is 0. The molecular weight excluding hydrogens is 306 g/mol. The first-order valence-corrected chi connectivity index (χ1v) is 8.63. The van der Waals surface area contributed by atoms with Gasteiger partial charge < -0.3 is 15.0 Å². The predicted molar refractivity (Wildman–Crippen MR) is 94.5 cm³/mol. The number of hydrogen-bond donors (Lipinski definition) is 1. The van der Waals surface area contributed by atoms with Crippen LogP contribution in [0.1, 0.15) is 38.1 Å². The molecule has 1 N–H and O–H groups in total. The van der Waals surface area contributed by atoms with Crippen molar-refractivity contribution in [1.82, 2.24) is 25.0 Å². The molecule has 2 rings (SSSR count). The van der Waals surface area contributed by atoms with Crippen LogP contribution in [0.25, 0.3) is 11.0 Å². The van der Waals surface area contributed by atoms with Crippen molar-refractivity contribution < 1.29 is 9.53 Å². The Hall–Kier alpha value is -2.15. The molecule has 0 aliphatic rings. The van der Waals surface area contributed by atoms with Gasteiger partial charge in [0.1, 0.15) is 11.3 Å². The zero-order chi connectivity index (χ0) is 17.5. The van der Waals surface area contributed by atoms with Crippen LogP contribution in [-0.2, 0) is 6.54 Å². The van der Waals surface area contributed by atoms with Crippen LogP contribution in [0.3, 0.4) is 0 Å². The van der Waals surface area contributed by atoms with Gasteiger partial charge in [-0.1, -0.05) is 13.8 Å². The Morgan fingerprint density at radius 3 is 2.62 bits per heavy atom. The van der Waals surface area contributed by atoms with E-state index in [1.807, 2.05) is 13.8 Å². The summed E-state index contributed by atoms with van der Waals surface area (Å²) >= 11 is 0. The Bertz CT molecular complexity index is 679. The first kappa shape index (κ1) is 18.2. The summed E-state index contributed by atoms with van der Waals surface area (Å²) in [6.07, 6.45) is 3.29. The molecule has 2 aromatic rings. The van der Waals surface area contributed by atoms with E-state index in [4.69, 9.17) is 4.74 Å². The molecule has 0 saturated carbocycles. The second-order valence-corrected chi connectivity index (χ2v) is 5.41. The van der Waals surface area contributed by atoms with Gasteiger partial charge in [0.2, 0.25) is 0 Å². The molecule has 0 aliphatic carbocycles. The minimum absolute atomic E-state index is 0.163. The molecule has 0 aliphatic heterocycles. The van der Waals surface area contributed by atoms with Crippen molar-refractivity contribution >= 4 is 16.9 Å². The Kier molecular flexibility index (Phi) is 6.54. The third-order valence-electron chi connectivity index (χ3n) is 4.06. The fourth-order valence-electron chi connectivity index (χ4n) is 2.66. The van der Waals surface area contributed by atoms with Crippen LogP contribution in [0.15, 0.2) is 12.4 Å². The molecule has 2 aromatic heterocycles. The van der Waals surface area contributed by atoms with Crippen LogP contribution in [0.5, 0.6) is 5.75 Å². The average molecular weight is 333 g/mol. The maximum Gasteiger partial charge on any atom is 0.256 e. The standard InChI is InChI=1S/C17H27N5O2/c1-5-21(6-2)10-9-18-17(23)14-11-19-16-13(15(14)24-8-4)12-20-22(16)7-3/h11-12H,5-10H2,1-4H3,(H,18,23). The molecule has 0 saturated heterocycles. The largest absolute Gasteiger partial charge is 0.492 e. The number of likely N-dealkylation sites (N-methyl/N-ethyl adjacent to an activating group) is 1. The van der Waals surface area contributed by atoms with Gasteiger partial charge in [-0.25, -0.2) is 9.67 Å². The molecule has 132 valence electrons. The highest BCUT2D eigenvalue weighted by Gasteiger charge is 2.19. The molecule has 0 aromatic carbocycles. The van der Waals surface area contributed by atoms with E-state index in [2.05, 4.69) is 34.1 Å². The number of fused-ring (bicyclic) bond motifs is 1. The van der Waals surface area contributed by atoms with Crippen molar-refractivity contribution in [3.63, 3.8) is 0 Å². The van der Waals surface area contributed by atoms with Crippen molar-refractivity contribution in [3.8, 4) is 5.75 Å². The molecule has 24 heavy (non-hydrogen) atoms. The van der Waals surface area contributed by atoms with Crippen LogP contribution in [-0.4, -0.2) is 58.4 Å². The quantitative estimate of drug-likeness (QED) is 0.759. The number of hydrogen-bond acceptors (Lipinski definition) is 5. The number of nitrogens with zero attached hydrogens (tertiary/aromatic N) is 4. The molecule has 0 bridgehead atoms. The van der Waals surface area contributed by atoms with E-state index in [0.29, 0.717) is 24.5 Å². The summed E-state index contributed by atoms with van der Waals surface area (Å²) in [5.74, 6) is 0.395. The van der Waals surface area contributed by atoms with Crippen LogP contribution in [0, 0.1) is 0 Å². The van der Waals surface area contributed by atoms with Crippen LogP contribution in [0.2, 0.25) is 0 Å². The van der Waals surface area contributed by atoms with E-state index in [-0.39, 0.29) is 5.91 Å². The summed E-state index contributed by atoms with van der Waals surface area (Å²) in [6.45, 7) is 12.7. The maximum atomic E-state index is 12.5. The number of carbonyl (C=O) groups is 1. The SMILES string of the molecule is CCOc1c(C(=O)NCCN(CC)CC)cnc2c1cnn2CC. The van der Waals surface area contributed by atoms with Crippen molar-refractivity contribution in [2.24, 2.45) is 0 Å². The first-order chi connectivity index (χ1) is 11.7. The van der Waals surface area contributed by atoms with E-state index < -0.39 is 0 Å². The Morgan fingerprint density at radius 1 is 1.25 bits per heavy atom. The molecule has 0 atom stereocenters. The Balaban J connectivity index is 2.20. The highest BCUT2D eigenvalue weighted by Crippen LogP contribution is 2.28. The fraction of sp³-hybridized carbons (Fsp3) is 0.588. The van der Waals surface area contributed by atoms with Crippen LogP contribution in [0.4, 0.5) is 0 Å². The maximum absolute atomic E-state index is 12.5. The minimum atomic E-state index is -0.163. The lowest BCUT2D eigenvalue weighted by atomic mass is 10.2. The van der Waals surface area contributed by atoms with Gasteiger partial charge >= 0.3 is 0 Å². The Labute approximate surface area is 143 Å². The smallest absolute Gasteiger partial charge is 0.256 e. The van der Waals surface area contributed by atoms with Gasteiger partial charge in [0, 0.05) is 25.8 Å². The molecule has 0 radical (unpaired) electrons. The minimum Gasteiger partial charge on any atom is -0.492 e. The third kappa shape index (κ3) is 3.84. The normalized spacial score (nSPS) is 11.2. The molecule has 0 fully saturated rings. The summed E-state index contributed by atoms with van der Waals surface area (Å²) < 4.78 is 7.53. The molecule has 7 nitrogen and oxygen atoms in total. The van der Waals surface area contributed by atoms with Crippen LogP contribution < -0.4 is 10.1 Å². The first-order valence-electron chi connectivity index (χ1n) is 8.63. The number of ether oxygens (including phenoxy) is 1. The number of rotatable bonds is 9. The number of aromatic nitrogens is 3. The number of amides is 1. The molecular formula is C17H27N5O2. The van der Waals surface area contributed by atoms with E-state index in [0.717, 1.165) is 37.2 Å². The summed E-state index contributed by atoms with van der Waals surface area (Å²) in [7, 11) is 0. The van der Waals surface area contributed by atoms with Gasteiger partial charge in [-0.05, 0) is 26.9 Å². The highest BCUT2D eigenvalue weighted by atomic mass is 16.5. The van der Waals surface area contributed by atoms with Crippen molar-refractivity contribution in [2.45, 2.75) is 34.2 Å². The summed E-state index contributed by atoms with van der Waals surface area (Å²) in [5, 5.41) is 8.03. The molecule has 0 unspecified atom stereocenters. The van der Waals surface area contributed by atoms with E-state index in [1.165, 1.54) is 0 Å². The topological polar surface area (TPSA) is 72.3 Å². The van der Waals surface area contributed by atoms with Gasteiger partial charge in [-0.3, -0.25) is 4.79 Å². The zero-order valence-corrected chi connectivity index (χ0v) is 15.0. The van der Waals surface area contributed by atoms with Gasteiger partial charge in [-0.15, -0.1) is 0 Å².